The maximum Gasteiger partial charge on any atom is 0.214 e. The zero-order valence-corrected chi connectivity index (χ0v) is 16.5. The number of imidazole rings is 1. The molecule has 0 aliphatic heterocycles. The lowest BCUT2D eigenvalue weighted by molar-refractivity contribution is 0.294. The lowest BCUT2D eigenvalue weighted by Gasteiger charge is -2.11. The molecular formula is C25H17N5O. The van der Waals surface area contributed by atoms with Gasteiger partial charge in [0.25, 0.3) is 0 Å². The highest BCUT2D eigenvalue weighted by Crippen LogP contribution is 2.30. The summed E-state index contributed by atoms with van der Waals surface area (Å²) in [5.41, 5.74) is 5.57. The molecule has 0 aliphatic carbocycles. The van der Waals surface area contributed by atoms with E-state index in [2.05, 4.69) is 21.0 Å². The first-order chi connectivity index (χ1) is 15.3. The fourth-order valence-corrected chi connectivity index (χ4v) is 3.42. The summed E-state index contributed by atoms with van der Waals surface area (Å²) in [6, 6.07) is 25.5. The number of benzene rings is 1. The number of hydrogen-bond donors (Lipinski definition) is 0. The number of nitrogens with zero attached hydrogens (tertiary/aromatic N) is 5. The summed E-state index contributed by atoms with van der Waals surface area (Å²) in [6.45, 7) is 0.445. The number of nitriles is 1. The maximum atomic E-state index is 9.33. The Morgan fingerprint density at radius 3 is 2.68 bits per heavy atom. The van der Waals surface area contributed by atoms with Crippen molar-refractivity contribution in [3.05, 3.63) is 103 Å². The number of hydrogen-bond acceptors (Lipinski definition) is 5. The summed E-state index contributed by atoms with van der Waals surface area (Å²) >= 11 is 0. The van der Waals surface area contributed by atoms with Crippen LogP contribution in [0.2, 0.25) is 0 Å². The molecule has 0 spiro atoms. The van der Waals surface area contributed by atoms with E-state index in [0.717, 1.165) is 28.0 Å². The van der Waals surface area contributed by atoms with Crippen molar-refractivity contribution >= 4 is 5.65 Å². The Morgan fingerprint density at radius 2 is 1.81 bits per heavy atom. The number of pyridine rings is 3. The highest BCUT2D eigenvalue weighted by Gasteiger charge is 2.13. The van der Waals surface area contributed by atoms with Crippen molar-refractivity contribution in [1.29, 1.82) is 5.26 Å². The van der Waals surface area contributed by atoms with Gasteiger partial charge in [-0.25, -0.2) is 9.97 Å². The molecule has 0 amide bonds. The van der Waals surface area contributed by atoms with Gasteiger partial charge in [0.15, 0.2) is 0 Å². The van der Waals surface area contributed by atoms with E-state index in [1.807, 2.05) is 79.0 Å². The van der Waals surface area contributed by atoms with E-state index < -0.39 is 0 Å². The Kier molecular flexibility index (Phi) is 4.83. The molecule has 148 valence electrons. The van der Waals surface area contributed by atoms with E-state index in [1.165, 1.54) is 0 Å². The predicted octanol–water partition coefficient (Wildman–Crippen LogP) is 4.91. The molecule has 5 rings (SSSR count). The molecule has 5 aromatic rings. The molecule has 4 aromatic heterocycles. The Hall–Kier alpha value is -4.50. The summed E-state index contributed by atoms with van der Waals surface area (Å²) < 4.78 is 7.67. The number of ether oxygens (including phenoxy) is 1. The summed E-state index contributed by atoms with van der Waals surface area (Å²) in [5.74, 6) is 0.537. The molecule has 0 fully saturated rings. The van der Waals surface area contributed by atoms with Gasteiger partial charge < -0.3 is 4.74 Å². The van der Waals surface area contributed by atoms with Crippen LogP contribution in [0.25, 0.3) is 28.2 Å². The molecule has 0 N–H and O–H groups in total. The van der Waals surface area contributed by atoms with E-state index in [9.17, 15) is 5.26 Å². The minimum Gasteiger partial charge on any atom is -0.473 e. The monoisotopic (exact) mass is 403 g/mol. The molecule has 0 saturated carbocycles. The van der Waals surface area contributed by atoms with Crippen LogP contribution in [0.3, 0.4) is 0 Å². The molecule has 0 unspecified atom stereocenters. The molecule has 0 aliphatic rings. The first kappa shape index (κ1) is 18.5. The fourth-order valence-electron chi connectivity index (χ4n) is 3.42. The minimum absolute atomic E-state index is 0.445. The normalized spacial score (nSPS) is 10.7. The summed E-state index contributed by atoms with van der Waals surface area (Å²) in [6.07, 6.45) is 5.21. The molecule has 6 nitrogen and oxygen atoms in total. The van der Waals surface area contributed by atoms with Crippen LogP contribution in [-0.4, -0.2) is 19.4 Å². The maximum absolute atomic E-state index is 9.33. The van der Waals surface area contributed by atoms with Crippen LogP contribution < -0.4 is 4.74 Å². The Morgan fingerprint density at radius 1 is 0.903 bits per heavy atom. The van der Waals surface area contributed by atoms with E-state index >= 15 is 0 Å². The molecule has 31 heavy (non-hydrogen) atoms. The third-order valence-electron chi connectivity index (χ3n) is 4.93. The van der Waals surface area contributed by atoms with Crippen LogP contribution in [0.4, 0.5) is 0 Å². The second kappa shape index (κ2) is 8.09. The van der Waals surface area contributed by atoms with Crippen LogP contribution in [-0.2, 0) is 6.61 Å². The van der Waals surface area contributed by atoms with Gasteiger partial charge in [0.05, 0.1) is 17.6 Å². The average Bonchev–Trinajstić information content (AvgIpc) is 3.26. The van der Waals surface area contributed by atoms with Crippen molar-refractivity contribution in [3.8, 4) is 34.5 Å². The fraction of sp³-hybridized carbons (Fsp3) is 0.0400. The van der Waals surface area contributed by atoms with E-state index in [-0.39, 0.29) is 0 Å². The standard InChI is InChI=1S/C25H17N5O/c26-14-20-15-28-23-12-11-19(16-30(20)23)21-8-5-13-27-25(21)22-9-4-10-24(29-22)31-17-18-6-2-1-3-7-18/h1-13,15-16H,17H2. The third-order valence-corrected chi connectivity index (χ3v) is 4.93. The van der Waals surface area contributed by atoms with Crippen LogP contribution in [0.1, 0.15) is 11.3 Å². The quantitative estimate of drug-likeness (QED) is 0.417. The highest BCUT2D eigenvalue weighted by molar-refractivity contribution is 5.79. The van der Waals surface area contributed by atoms with Crippen molar-refractivity contribution < 1.29 is 4.74 Å². The zero-order valence-electron chi connectivity index (χ0n) is 16.5. The SMILES string of the molecule is N#Cc1cnc2ccc(-c3cccnc3-c3cccc(OCc4ccccc4)n3)cn12. The largest absolute Gasteiger partial charge is 0.473 e. The lowest BCUT2D eigenvalue weighted by atomic mass is 10.0. The first-order valence-electron chi connectivity index (χ1n) is 9.78. The summed E-state index contributed by atoms with van der Waals surface area (Å²) in [7, 11) is 0. The van der Waals surface area contributed by atoms with Crippen molar-refractivity contribution in [2.75, 3.05) is 0 Å². The van der Waals surface area contributed by atoms with Gasteiger partial charge in [-0.05, 0) is 29.8 Å². The van der Waals surface area contributed by atoms with Gasteiger partial charge in [-0.2, -0.15) is 5.26 Å². The molecule has 6 heteroatoms. The van der Waals surface area contributed by atoms with Crippen LogP contribution in [0.15, 0.2) is 91.4 Å². The lowest BCUT2D eigenvalue weighted by Crippen LogP contribution is -1.99. The predicted molar refractivity (Wildman–Crippen MR) is 117 cm³/mol. The molecule has 4 heterocycles. The Labute approximate surface area is 179 Å². The van der Waals surface area contributed by atoms with Crippen molar-refractivity contribution in [2.24, 2.45) is 0 Å². The molecule has 0 saturated heterocycles. The molecule has 1 aromatic carbocycles. The molecule has 0 bridgehead atoms. The van der Waals surface area contributed by atoms with Crippen LogP contribution in [0.5, 0.6) is 5.88 Å². The summed E-state index contributed by atoms with van der Waals surface area (Å²) in [4.78, 5) is 13.5. The smallest absolute Gasteiger partial charge is 0.214 e. The van der Waals surface area contributed by atoms with Gasteiger partial charge in [0.1, 0.15) is 24.0 Å². The summed E-state index contributed by atoms with van der Waals surface area (Å²) in [5, 5.41) is 9.33. The number of fused-ring (bicyclic) bond motifs is 1. The van der Waals surface area contributed by atoms with Crippen molar-refractivity contribution in [1.82, 2.24) is 19.4 Å². The molecule has 0 atom stereocenters. The Balaban J connectivity index is 1.50. The first-order valence-corrected chi connectivity index (χ1v) is 9.78. The van der Waals surface area contributed by atoms with Gasteiger partial charge in [-0.1, -0.05) is 42.5 Å². The third kappa shape index (κ3) is 3.72. The molecular weight excluding hydrogens is 386 g/mol. The van der Waals surface area contributed by atoms with Gasteiger partial charge in [0, 0.05) is 29.6 Å². The minimum atomic E-state index is 0.445. The van der Waals surface area contributed by atoms with E-state index in [0.29, 0.717) is 23.9 Å². The van der Waals surface area contributed by atoms with Gasteiger partial charge in [-0.15, -0.1) is 0 Å². The topological polar surface area (TPSA) is 76.1 Å². The van der Waals surface area contributed by atoms with Crippen LogP contribution in [0, 0.1) is 11.3 Å². The van der Waals surface area contributed by atoms with Gasteiger partial charge in [-0.3, -0.25) is 9.38 Å². The number of rotatable bonds is 5. The molecule has 0 radical (unpaired) electrons. The van der Waals surface area contributed by atoms with Crippen LogP contribution >= 0.6 is 0 Å². The van der Waals surface area contributed by atoms with E-state index in [4.69, 9.17) is 4.74 Å². The van der Waals surface area contributed by atoms with Crippen molar-refractivity contribution in [3.63, 3.8) is 0 Å². The van der Waals surface area contributed by atoms with Gasteiger partial charge >= 0.3 is 0 Å². The zero-order chi connectivity index (χ0) is 21.0. The average molecular weight is 403 g/mol. The second-order valence-electron chi connectivity index (χ2n) is 6.94. The Bertz CT molecular complexity index is 1400. The highest BCUT2D eigenvalue weighted by atomic mass is 16.5. The van der Waals surface area contributed by atoms with Gasteiger partial charge in [0.2, 0.25) is 5.88 Å². The second-order valence-corrected chi connectivity index (χ2v) is 6.94. The number of aromatic nitrogens is 4. The van der Waals surface area contributed by atoms with E-state index in [1.54, 1.807) is 16.8 Å². The van der Waals surface area contributed by atoms with Crippen molar-refractivity contribution in [2.45, 2.75) is 6.61 Å².